The van der Waals surface area contributed by atoms with E-state index in [0.717, 1.165) is 44.0 Å². The van der Waals surface area contributed by atoms with Crippen molar-refractivity contribution in [3.8, 4) is 0 Å². The molecule has 0 aromatic heterocycles. The van der Waals surface area contributed by atoms with Gasteiger partial charge in [-0.1, -0.05) is 6.07 Å². The lowest BCUT2D eigenvalue weighted by Gasteiger charge is -2.23. The molecule has 5 nitrogen and oxygen atoms in total. The molecular formula is C13H19NO4S2. The number of rotatable bonds is 3. The lowest BCUT2D eigenvalue weighted by molar-refractivity contribution is 0.459. The van der Waals surface area contributed by atoms with Gasteiger partial charge in [0.05, 0.1) is 9.79 Å². The summed E-state index contributed by atoms with van der Waals surface area (Å²) >= 11 is 0. The number of hydrogen-bond donors (Lipinski definition) is 1. The summed E-state index contributed by atoms with van der Waals surface area (Å²) in [6, 6.07) is 4.69. The first kappa shape index (κ1) is 15.5. The zero-order valence-corrected chi connectivity index (χ0v) is 13.2. The van der Waals surface area contributed by atoms with E-state index in [2.05, 4.69) is 5.32 Å². The molecule has 1 aliphatic rings. The maximum atomic E-state index is 11.9. The Labute approximate surface area is 120 Å². The molecular weight excluding hydrogens is 298 g/mol. The Morgan fingerprint density at radius 2 is 1.50 bits per heavy atom. The summed E-state index contributed by atoms with van der Waals surface area (Å²) in [5.74, 6) is 0.283. The maximum absolute atomic E-state index is 11.9. The molecule has 1 N–H and O–H groups in total. The third-order valence-corrected chi connectivity index (χ3v) is 6.00. The monoisotopic (exact) mass is 317 g/mol. The van der Waals surface area contributed by atoms with Crippen LogP contribution in [0.2, 0.25) is 0 Å². The van der Waals surface area contributed by atoms with Crippen LogP contribution in [-0.4, -0.2) is 42.4 Å². The molecule has 1 aromatic rings. The van der Waals surface area contributed by atoms with Crippen LogP contribution in [0.25, 0.3) is 0 Å². The largest absolute Gasteiger partial charge is 0.317 e. The van der Waals surface area contributed by atoms with E-state index in [0.29, 0.717) is 0 Å². The highest BCUT2D eigenvalue weighted by Gasteiger charge is 2.23. The molecule has 1 heterocycles. The molecule has 1 fully saturated rings. The molecule has 1 aliphatic heterocycles. The molecule has 0 aliphatic carbocycles. The van der Waals surface area contributed by atoms with Crippen LogP contribution in [0.5, 0.6) is 0 Å². The molecule has 1 saturated heterocycles. The maximum Gasteiger partial charge on any atom is 0.176 e. The molecule has 0 unspecified atom stereocenters. The Morgan fingerprint density at radius 3 is 2.00 bits per heavy atom. The van der Waals surface area contributed by atoms with Gasteiger partial charge in [-0.15, -0.1) is 0 Å². The van der Waals surface area contributed by atoms with Gasteiger partial charge in [-0.25, -0.2) is 16.8 Å². The van der Waals surface area contributed by atoms with Crippen molar-refractivity contribution < 1.29 is 16.8 Å². The SMILES string of the molecule is CS(=O)(=O)c1ccc(C2CCNCC2)cc1S(C)(=O)=O. The Hall–Kier alpha value is -0.920. The van der Waals surface area contributed by atoms with Crippen molar-refractivity contribution in [3.63, 3.8) is 0 Å². The van der Waals surface area contributed by atoms with Crippen LogP contribution in [-0.2, 0) is 19.7 Å². The van der Waals surface area contributed by atoms with Crippen LogP contribution in [0.15, 0.2) is 28.0 Å². The number of benzene rings is 1. The Bertz CT molecular complexity index is 702. The second kappa shape index (κ2) is 5.46. The summed E-state index contributed by atoms with van der Waals surface area (Å²) < 4.78 is 47.1. The molecule has 0 saturated carbocycles. The van der Waals surface area contributed by atoms with E-state index in [-0.39, 0.29) is 15.7 Å². The van der Waals surface area contributed by atoms with E-state index in [1.54, 1.807) is 6.07 Å². The van der Waals surface area contributed by atoms with Crippen LogP contribution in [0.4, 0.5) is 0 Å². The molecule has 0 radical (unpaired) electrons. The van der Waals surface area contributed by atoms with Gasteiger partial charge in [-0.05, 0) is 49.5 Å². The average molecular weight is 317 g/mol. The number of hydrogen-bond acceptors (Lipinski definition) is 5. The first-order valence-corrected chi connectivity index (χ1v) is 10.2. The molecule has 112 valence electrons. The van der Waals surface area contributed by atoms with Crippen molar-refractivity contribution in [1.29, 1.82) is 0 Å². The highest BCUT2D eigenvalue weighted by Crippen LogP contribution is 2.30. The first-order chi connectivity index (χ1) is 9.19. The summed E-state index contributed by atoms with van der Waals surface area (Å²) in [7, 11) is -7.13. The zero-order valence-electron chi connectivity index (χ0n) is 11.6. The van der Waals surface area contributed by atoms with Gasteiger partial charge in [0, 0.05) is 12.5 Å². The van der Waals surface area contributed by atoms with Gasteiger partial charge in [0.25, 0.3) is 0 Å². The predicted molar refractivity (Wildman–Crippen MR) is 77.5 cm³/mol. The van der Waals surface area contributed by atoms with E-state index < -0.39 is 19.7 Å². The normalized spacial score (nSPS) is 18.1. The van der Waals surface area contributed by atoms with Gasteiger partial charge in [0.1, 0.15) is 0 Å². The Morgan fingerprint density at radius 1 is 0.950 bits per heavy atom. The minimum Gasteiger partial charge on any atom is -0.317 e. The quantitative estimate of drug-likeness (QED) is 0.898. The third-order valence-electron chi connectivity index (χ3n) is 3.58. The minimum atomic E-state index is -3.57. The summed E-state index contributed by atoms with van der Waals surface area (Å²) in [5.41, 5.74) is 0.902. The highest BCUT2D eigenvalue weighted by atomic mass is 32.2. The van der Waals surface area contributed by atoms with Crippen LogP contribution in [0.1, 0.15) is 24.3 Å². The van der Waals surface area contributed by atoms with Crippen molar-refractivity contribution >= 4 is 19.7 Å². The first-order valence-electron chi connectivity index (χ1n) is 6.44. The Kier molecular flexibility index (Phi) is 4.22. The fourth-order valence-corrected chi connectivity index (χ4v) is 4.96. The van der Waals surface area contributed by atoms with Crippen molar-refractivity contribution in [2.24, 2.45) is 0 Å². The van der Waals surface area contributed by atoms with E-state index in [4.69, 9.17) is 0 Å². The smallest absolute Gasteiger partial charge is 0.176 e. The molecule has 7 heteroatoms. The highest BCUT2D eigenvalue weighted by molar-refractivity contribution is 7.93. The number of nitrogens with one attached hydrogen (secondary N) is 1. The van der Waals surface area contributed by atoms with Crippen molar-refractivity contribution in [2.75, 3.05) is 25.6 Å². The lowest BCUT2D eigenvalue weighted by atomic mass is 9.90. The van der Waals surface area contributed by atoms with Gasteiger partial charge in [-0.2, -0.15) is 0 Å². The van der Waals surface area contributed by atoms with Crippen molar-refractivity contribution in [2.45, 2.75) is 28.6 Å². The van der Waals surface area contributed by atoms with Gasteiger partial charge in [-0.3, -0.25) is 0 Å². The second-order valence-corrected chi connectivity index (χ2v) is 9.24. The Balaban J connectivity index is 2.55. The molecule has 0 amide bonds. The second-order valence-electron chi connectivity index (χ2n) is 5.27. The molecule has 2 rings (SSSR count). The number of piperidine rings is 1. The van der Waals surface area contributed by atoms with Gasteiger partial charge >= 0.3 is 0 Å². The average Bonchev–Trinajstić information content (AvgIpc) is 2.37. The summed E-state index contributed by atoms with van der Waals surface area (Å²) in [6.07, 6.45) is 3.94. The van der Waals surface area contributed by atoms with Gasteiger partial charge < -0.3 is 5.32 Å². The van der Waals surface area contributed by atoms with Crippen LogP contribution in [0, 0.1) is 0 Å². The zero-order chi connectivity index (χ0) is 15.0. The summed E-state index contributed by atoms with van der Waals surface area (Å²) in [4.78, 5) is -0.200. The summed E-state index contributed by atoms with van der Waals surface area (Å²) in [5, 5.41) is 3.25. The van der Waals surface area contributed by atoms with Gasteiger partial charge in [0.15, 0.2) is 19.7 Å². The fraction of sp³-hybridized carbons (Fsp3) is 0.538. The topological polar surface area (TPSA) is 80.3 Å². The standard InChI is InChI=1S/C13H19NO4S2/c1-19(15,16)12-4-3-11(9-13(12)20(2,17)18)10-5-7-14-8-6-10/h3-4,9-10,14H,5-8H2,1-2H3. The van der Waals surface area contributed by atoms with Crippen molar-refractivity contribution in [3.05, 3.63) is 23.8 Å². The van der Waals surface area contributed by atoms with E-state index in [9.17, 15) is 16.8 Å². The molecule has 1 aromatic carbocycles. The lowest BCUT2D eigenvalue weighted by Crippen LogP contribution is -2.26. The van der Waals surface area contributed by atoms with Crippen molar-refractivity contribution in [1.82, 2.24) is 5.32 Å². The predicted octanol–water partition coefficient (Wildman–Crippen LogP) is 0.961. The van der Waals surface area contributed by atoms with Gasteiger partial charge in [0.2, 0.25) is 0 Å². The van der Waals surface area contributed by atoms with E-state index >= 15 is 0 Å². The molecule has 20 heavy (non-hydrogen) atoms. The molecule has 0 spiro atoms. The van der Waals surface area contributed by atoms with E-state index in [1.165, 1.54) is 12.1 Å². The fourth-order valence-electron chi connectivity index (χ4n) is 2.53. The van der Waals surface area contributed by atoms with E-state index in [1.807, 2.05) is 0 Å². The third kappa shape index (κ3) is 3.39. The number of sulfone groups is 2. The van der Waals surface area contributed by atoms with Crippen LogP contribution < -0.4 is 5.32 Å². The molecule has 0 bridgehead atoms. The summed E-state index contributed by atoms with van der Waals surface area (Å²) in [6.45, 7) is 1.79. The van der Waals surface area contributed by atoms with Crippen LogP contribution in [0.3, 0.4) is 0 Å². The van der Waals surface area contributed by atoms with Crippen LogP contribution >= 0.6 is 0 Å². The minimum absolute atomic E-state index is 0.0870. The molecule has 0 atom stereocenters.